The SMILES string of the molecule is CCc1nncn1CCNC(=NC)NCC1CCCN1Cc1ccccc1.I. The Balaban J connectivity index is 0.00000280. The van der Waals surface area contributed by atoms with E-state index in [1.54, 1.807) is 6.33 Å². The minimum Gasteiger partial charge on any atom is -0.355 e. The Morgan fingerprint density at radius 3 is 2.82 bits per heavy atom. The summed E-state index contributed by atoms with van der Waals surface area (Å²) in [6.45, 7) is 6.83. The van der Waals surface area contributed by atoms with Gasteiger partial charge in [0.05, 0.1) is 0 Å². The molecule has 2 N–H and O–H groups in total. The summed E-state index contributed by atoms with van der Waals surface area (Å²) in [6, 6.07) is 11.3. The van der Waals surface area contributed by atoms with Crippen LogP contribution in [0, 0.1) is 0 Å². The molecule has 1 aliphatic rings. The van der Waals surface area contributed by atoms with Crippen molar-refractivity contribution in [1.29, 1.82) is 0 Å². The molecule has 0 spiro atoms. The van der Waals surface area contributed by atoms with Crippen molar-refractivity contribution in [3.8, 4) is 0 Å². The molecule has 1 saturated heterocycles. The fourth-order valence-corrected chi connectivity index (χ4v) is 3.62. The molecule has 0 amide bonds. The Bertz CT molecular complexity index is 716. The van der Waals surface area contributed by atoms with Gasteiger partial charge in [0.15, 0.2) is 5.96 Å². The topological polar surface area (TPSA) is 70.4 Å². The van der Waals surface area contributed by atoms with Crippen molar-refractivity contribution in [2.24, 2.45) is 4.99 Å². The van der Waals surface area contributed by atoms with Crippen LogP contribution in [-0.4, -0.2) is 58.3 Å². The minimum atomic E-state index is 0. The second-order valence-electron chi connectivity index (χ2n) is 6.93. The molecule has 7 nitrogen and oxygen atoms in total. The van der Waals surface area contributed by atoms with Crippen LogP contribution in [0.2, 0.25) is 0 Å². The number of likely N-dealkylation sites (tertiary alicyclic amines) is 1. The standard InChI is InChI=1S/C20H31N7.HI/c1-3-19-25-24-16-27(19)13-11-22-20(21-2)23-14-18-10-7-12-26(18)15-17-8-5-4-6-9-17;/h4-6,8-9,16,18H,3,7,10-15H2,1-2H3,(H2,21,22,23);1H. The van der Waals surface area contributed by atoms with Gasteiger partial charge in [-0.2, -0.15) is 0 Å². The Labute approximate surface area is 185 Å². The number of halogens is 1. The monoisotopic (exact) mass is 497 g/mol. The summed E-state index contributed by atoms with van der Waals surface area (Å²) >= 11 is 0. The van der Waals surface area contributed by atoms with Gasteiger partial charge in [-0.25, -0.2) is 0 Å². The molecular weight excluding hydrogens is 465 g/mol. The largest absolute Gasteiger partial charge is 0.355 e. The van der Waals surface area contributed by atoms with Crippen LogP contribution in [-0.2, 0) is 19.5 Å². The normalized spacial score (nSPS) is 17.4. The van der Waals surface area contributed by atoms with Crippen molar-refractivity contribution in [2.45, 2.75) is 45.3 Å². The third kappa shape index (κ3) is 6.44. The number of rotatable bonds is 8. The lowest BCUT2D eigenvalue weighted by molar-refractivity contribution is 0.245. The van der Waals surface area contributed by atoms with Crippen LogP contribution in [0.15, 0.2) is 41.7 Å². The first-order chi connectivity index (χ1) is 13.3. The van der Waals surface area contributed by atoms with Gasteiger partial charge in [0.2, 0.25) is 0 Å². The molecule has 2 aromatic rings. The van der Waals surface area contributed by atoms with E-state index in [0.29, 0.717) is 6.04 Å². The second-order valence-corrected chi connectivity index (χ2v) is 6.93. The zero-order chi connectivity index (χ0) is 18.9. The van der Waals surface area contributed by atoms with Crippen LogP contribution >= 0.6 is 24.0 Å². The lowest BCUT2D eigenvalue weighted by Crippen LogP contribution is -2.45. The number of hydrogen-bond donors (Lipinski definition) is 2. The van der Waals surface area contributed by atoms with Crippen molar-refractivity contribution in [3.63, 3.8) is 0 Å². The highest BCUT2D eigenvalue weighted by Gasteiger charge is 2.24. The summed E-state index contributed by atoms with van der Waals surface area (Å²) in [5.74, 6) is 1.87. The van der Waals surface area contributed by atoms with Crippen LogP contribution in [0.4, 0.5) is 0 Å². The van der Waals surface area contributed by atoms with E-state index >= 15 is 0 Å². The molecule has 154 valence electrons. The molecule has 0 aliphatic carbocycles. The van der Waals surface area contributed by atoms with E-state index in [1.165, 1.54) is 24.9 Å². The van der Waals surface area contributed by atoms with Gasteiger partial charge in [-0.15, -0.1) is 34.2 Å². The number of aryl methyl sites for hydroxylation is 1. The lowest BCUT2D eigenvalue weighted by atomic mass is 10.2. The van der Waals surface area contributed by atoms with Crippen molar-refractivity contribution in [1.82, 2.24) is 30.3 Å². The summed E-state index contributed by atoms with van der Waals surface area (Å²) in [5, 5.41) is 15.0. The highest BCUT2D eigenvalue weighted by atomic mass is 127. The molecule has 0 saturated carbocycles. The molecule has 28 heavy (non-hydrogen) atoms. The summed E-state index contributed by atoms with van der Waals surface area (Å²) in [7, 11) is 1.82. The molecule has 1 fully saturated rings. The van der Waals surface area contributed by atoms with Crippen LogP contribution in [0.5, 0.6) is 0 Å². The molecule has 0 bridgehead atoms. The fraction of sp³-hybridized carbons (Fsp3) is 0.550. The Hall–Kier alpha value is -1.68. The zero-order valence-electron chi connectivity index (χ0n) is 16.8. The van der Waals surface area contributed by atoms with Crippen LogP contribution in [0.1, 0.15) is 31.2 Å². The van der Waals surface area contributed by atoms with Crippen molar-refractivity contribution >= 4 is 29.9 Å². The molecule has 1 atom stereocenters. The fourth-order valence-electron chi connectivity index (χ4n) is 3.62. The van der Waals surface area contributed by atoms with E-state index < -0.39 is 0 Å². The van der Waals surface area contributed by atoms with Crippen molar-refractivity contribution in [3.05, 3.63) is 48.0 Å². The van der Waals surface area contributed by atoms with Gasteiger partial charge in [0, 0.05) is 45.7 Å². The Morgan fingerprint density at radius 2 is 2.07 bits per heavy atom. The smallest absolute Gasteiger partial charge is 0.191 e. The predicted octanol–water partition coefficient (Wildman–Crippen LogP) is 2.29. The quantitative estimate of drug-likeness (QED) is 0.333. The second kappa shape index (κ2) is 12.0. The Morgan fingerprint density at radius 1 is 1.25 bits per heavy atom. The summed E-state index contributed by atoms with van der Waals surface area (Å²) in [5.41, 5.74) is 1.38. The molecule has 8 heteroatoms. The molecule has 1 aromatic heterocycles. The number of benzene rings is 1. The molecule has 1 aromatic carbocycles. The van der Waals surface area contributed by atoms with Crippen LogP contribution in [0.3, 0.4) is 0 Å². The van der Waals surface area contributed by atoms with Gasteiger partial charge >= 0.3 is 0 Å². The van der Waals surface area contributed by atoms with Gasteiger partial charge in [-0.1, -0.05) is 37.3 Å². The lowest BCUT2D eigenvalue weighted by Gasteiger charge is -2.25. The first-order valence-electron chi connectivity index (χ1n) is 9.89. The number of hydrogen-bond acceptors (Lipinski definition) is 4. The van der Waals surface area contributed by atoms with Crippen LogP contribution < -0.4 is 10.6 Å². The van der Waals surface area contributed by atoms with E-state index in [2.05, 4.69) is 72.5 Å². The highest BCUT2D eigenvalue weighted by Crippen LogP contribution is 2.19. The summed E-state index contributed by atoms with van der Waals surface area (Å²) in [4.78, 5) is 6.92. The molecule has 1 aliphatic heterocycles. The Kier molecular flexibility index (Phi) is 9.69. The average molecular weight is 497 g/mol. The third-order valence-corrected chi connectivity index (χ3v) is 5.11. The van der Waals surface area contributed by atoms with Gasteiger partial charge in [0.1, 0.15) is 12.2 Å². The van der Waals surface area contributed by atoms with Gasteiger partial charge in [0.25, 0.3) is 0 Å². The zero-order valence-corrected chi connectivity index (χ0v) is 19.2. The van der Waals surface area contributed by atoms with E-state index in [9.17, 15) is 0 Å². The van der Waals surface area contributed by atoms with Crippen molar-refractivity contribution < 1.29 is 0 Å². The number of nitrogens with one attached hydrogen (secondary N) is 2. The first kappa shape index (κ1) is 22.6. The van der Waals surface area contributed by atoms with Crippen LogP contribution in [0.25, 0.3) is 0 Å². The molecule has 1 unspecified atom stereocenters. The average Bonchev–Trinajstić information content (AvgIpc) is 3.34. The minimum absolute atomic E-state index is 0. The van der Waals surface area contributed by atoms with Crippen molar-refractivity contribution in [2.75, 3.05) is 26.7 Å². The summed E-state index contributed by atoms with van der Waals surface area (Å²) in [6.07, 6.45) is 5.18. The maximum absolute atomic E-state index is 4.35. The van der Waals surface area contributed by atoms with E-state index in [-0.39, 0.29) is 24.0 Å². The highest BCUT2D eigenvalue weighted by molar-refractivity contribution is 14.0. The summed E-state index contributed by atoms with van der Waals surface area (Å²) < 4.78 is 2.08. The molecular formula is C20H32IN7. The molecule has 2 heterocycles. The molecule has 3 rings (SSSR count). The van der Waals surface area contributed by atoms with E-state index in [0.717, 1.165) is 44.4 Å². The first-order valence-corrected chi connectivity index (χ1v) is 9.89. The van der Waals surface area contributed by atoms with E-state index in [4.69, 9.17) is 0 Å². The maximum Gasteiger partial charge on any atom is 0.191 e. The molecule has 0 radical (unpaired) electrons. The maximum atomic E-state index is 4.35. The third-order valence-electron chi connectivity index (χ3n) is 5.11. The number of guanidine groups is 1. The predicted molar refractivity (Wildman–Crippen MR) is 124 cm³/mol. The van der Waals surface area contributed by atoms with Gasteiger partial charge in [-0.3, -0.25) is 9.89 Å². The van der Waals surface area contributed by atoms with Gasteiger partial charge < -0.3 is 15.2 Å². The van der Waals surface area contributed by atoms with E-state index in [1.807, 2.05) is 7.05 Å². The number of nitrogens with zero attached hydrogens (tertiary/aromatic N) is 5. The number of aliphatic imine (C=N–C) groups is 1. The van der Waals surface area contributed by atoms with Gasteiger partial charge in [-0.05, 0) is 24.9 Å². The number of aromatic nitrogens is 3.